The molecule has 0 saturated heterocycles. The van der Waals surface area contributed by atoms with Gasteiger partial charge in [0.15, 0.2) is 6.17 Å². The highest BCUT2D eigenvalue weighted by molar-refractivity contribution is 5.96. The number of pyridine rings is 2. The van der Waals surface area contributed by atoms with Gasteiger partial charge in [-0.2, -0.15) is 0 Å². The van der Waals surface area contributed by atoms with Crippen molar-refractivity contribution in [3.05, 3.63) is 109 Å². The van der Waals surface area contributed by atoms with Crippen molar-refractivity contribution in [2.75, 3.05) is 0 Å². The maximum Gasteiger partial charge on any atom is 0.220 e. The van der Waals surface area contributed by atoms with Crippen molar-refractivity contribution in [2.24, 2.45) is 7.05 Å². The molecule has 2 nitrogen and oxygen atoms in total. The van der Waals surface area contributed by atoms with Crippen LogP contribution in [0.4, 0.5) is 0 Å². The summed E-state index contributed by atoms with van der Waals surface area (Å²) in [4.78, 5) is 4.25. The second kappa shape index (κ2) is 8.63. The molecule has 0 N–H and O–H groups in total. The third kappa shape index (κ3) is 3.93. The van der Waals surface area contributed by atoms with Crippen LogP contribution in [0.1, 0.15) is 33.6 Å². The van der Waals surface area contributed by atoms with Crippen molar-refractivity contribution in [1.82, 2.24) is 4.98 Å². The Morgan fingerprint density at radius 3 is 2.36 bits per heavy atom. The Hall–Kier alpha value is -3.78. The smallest absolute Gasteiger partial charge is 0.220 e. The molecule has 0 atom stereocenters. The molecular formula is C31H29N2+. The van der Waals surface area contributed by atoms with Crippen LogP contribution in [-0.2, 0) is 7.05 Å². The predicted octanol–water partition coefficient (Wildman–Crippen LogP) is 7.49. The van der Waals surface area contributed by atoms with Gasteiger partial charge >= 0.3 is 0 Å². The summed E-state index contributed by atoms with van der Waals surface area (Å²) in [6.07, 6.45) is 3.79. The summed E-state index contributed by atoms with van der Waals surface area (Å²) in [5, 5.41) is 1.75. The van der Waals surface area contributed by atoms with Crippen molar-refractivity contribution in [3.8, 4) is 33.5 Å². The Kier molecular flexibility index (Phi) is 4.91. The molecule has 0 amide bonds. The van der Waals surface area contributed by atoms with E-state index in [1.807, 2.05) is 42.1 Å². The van der Waals surface area contributed by atoms with Crippen molar-refractivity contribution in [1.29, 1.82) is 0 Å². The van der Waals surface area contributed by atoms with Gasteiger partial charge in [0.25, 0.3) is 0 Å². The van der Waals surface area contributed by atoms with Crippen LogP contribution < -0.4 is 4.57 Å². The number of nitrogens with zero attached hydrogens (tertiary/aromatic N) is 2. The first-order valence-electron chi connectivity index (χ1n) is 12.4. The van der Waals surface area contributed by atoms with E-state index in [0.29, 0.717) is 5.92 Å². The van der Waals surface area contributed by atoms with Crippen LogP contribution in [0.5, 0.6) is 0 Å². The van der Waals surface area contributed by atoms with Gasteiger partial charge in [-0.1, -0.05) is 62.4 Å². The molecule has 5 rings (SSSR count). The molecule has 0 aliphatic rings. The molecule has 0 radical (unpaired) electrons. The van der Waals surface area contributed by atoms with Crippen LogP contribution in [-0.4, -0.2) is 4.98 Å². The maximum atomic E-state index is 8.78. The lowest BCUT2D eigenvalue weighted by Gasteiger charge is -2.17. The van der Waals surface area contributed by atoms with Crippen LogP contribution >= 0.6 is 0 Å². The molecule has 0 unspecified atom stereocenters. The molecule has 5 aromatic rings. The fourth-order valence-corrected chi connectivity index (χ4v) is 4.65. The Balaban J connectivity index is 1.84. The van der Waals surface area contributed by atoms with Gasteiger partial charge in [0, 0.05) is 24.0 Å². The summed E-state index contributed by atoms with van der Waals surface area (Å²) in [6, 6.07) is 25.4. The molecule has 2 heteroatoms. The first-order valence-corrected chi connectivity index (χ1v) is 11.4. The lowest BCUT2D eigenvalue weighted by Crippen LogP contribution is -2.30. The van der Waals surface area contributed by atoms with E-state index in [-0.39, 0.29) is 12.2 Å². The normalized spacial score (nSPS) is 12.2. The third-order valence-electron chi connectivity index (χ3n) is 6.40. The summed E-state index contributed by atoms with van der Waals surface area (Å²) in [5.41, 5.74) is 8.91. The number of hydrogen-bond acceptors (Lipinski definition) is 1. The van der Waals surface area contributed by atoms with Gasteiger partial charge in [-0.15, -0.1) is 0 Å². The standard InChI is InChI=1S/C31H29N2/c1-21(2)29-18-27(23-9-6-5-7-10-23)19-30(22(29)3)31-28-13-12-24(26-11-8-15-32-20-26)17-25(28)14-16-33(31)4/h5-21H,1-4H3/q+1/i14D,16D. The second-order valence-electron chi connectivity index (χ2n) is 8.91. The molecular weight excluding hydrogens is 400 g/mol. The fraction of sp³-hybridized carbons (Fsp3) is 0.161. The number of hydrogen-bond donors (Lipinski definition) is 0. The molecule has 2 aromatic heterocycles. The monoisotopic (exact) mass is 431 g/mol. The van der Waals surface area contributed by atoms with Crippen LogP contribution in [0.3, 0.4) is 0 Å². The van der Waals surface area contributed by atoms with Gasteiger partial charge in [-0.05, 0) is 70.3 Å². The fourth-order valence-electron chi connectivity index (χ4n) is 4.65. The summed E-state index contributed by atoms with van der Waals surface area (Å²) in [6.45, 7) is 6.62. The second-order valence-corrected chi connectivity index (χ2v) is 8.91. The van der Waals surface area contributed by atoms with E-state index in [1.165, 1.54) is 16.7 Å². The van der Waals surface area contributed by atoms with Gasteiger partial charge < -0.3 is 0 Å². The van der Waals surface area contributed by atoms with E-state index in [4.69, 9.17) is 2.74 Å². The van der Waals surface area contributed by atoms with E-state index in [9.17, 15) is 0 Å². The van der Waals surface area contributed by atoms with Crippen molar-refractivity contribution in [3.63, 3.8) is 0 Å². The Bertz CT molecular complexity index is 1540. The van der Waals surface area contributed by atoms with Gasteiger partial charge in [0.1, 0.15) is 8.42 Å². The summed E-state index contributed by atoms with van der Waals surface area (Å²) in [5.74, 6) is 0.358. The van der Waals surface area contributed by atoms with Crippen molar-refractivity contribution < 1.29 is 7.31 Å². The highest BCUT2D eigenvalue weighted by atomic mass is 14.9. The minimum absolute atomic E-state index is 0.200. The van der Waals surface area contributed by atoms with Crippen LogP contribution in [0, 0.1) is 6.92 Å². The maximum absolute atomic E-state index is 8.78. The highest BCUT2D eigenvalue weighted by Gasteiger charge is 2.21. The zero-order chi connectivity index (χ0) is 24.7. The first kappa shape index (κ1) is 18.8. The molecule has 0 fully saturated rings. The molecule has 0 aliphatic carbocycles. The molecule has 0 aliphatic heterocycles. The van der Waals surface area contributed by atoms with E-state index >= 15 is 0 Å². The average molecular weight is 432 g/mol. The number of benzene rings is 3. The molecule has 2 heterocycles. The minimum atomic E-state index is 0.200. The SMILES string of the molecule is [2H]c1c([2H])[n+](C)c(-c2cc(-c3ccccc3)cc(C(C)C)c2C)c2ccc(-c3cccnc3)cc12. The third-order valence-corrected chi connectivity index (χ3v) is 6.40. The first-order chi connectivity index (χ1) is 16.9. The average Bonchev–Trinajstić information content (AvgIpc) is 2.89. The van der Waals surface area contributed by atoms with Crippen LogP contribution in [0.15, 0.2) is 97.4 Å². The topological polar surface area (TPSA) is 16.8 Å². The summed E-state index contributed by atoms with van der Waals surface area (Å²) < 4.78 is 19.4. The van der Waals surface area contributed by atoms with Gasteiger partial charge in [-0.25, -0.2) is 4.57 Å². The van der Waals surface area contributed by atoms with Gasteiger partial charge in [0.2, 0.25) is 5.69 Å². The van der Waals surface area contributed by atoms with E-state index in [2.05, 4.69) is 74.3 Å². The van der Waals surface area contributed by atoms with E-state index < -0.39 is 0 Å². The Morgan fingerprint density at radius 1 is 0.848 bits per heavy atom. The minimum Gasteiger partial charge on any atom is -0.264 e. The molecule has 33 heavy (non-hydrogen) atoms. The molecule has 162 valence electrons. The molecule has 3 aromatic carbocycles. The Morgan fingerprint density at radius 2 is 1.64 bits per heavy atom. The van der Waals surface area contributed by atoms with E-state index in [0.717, 1.165) is 38.7 Å². The lowest BCUT2D eigenvalue weighted by atomic mass is 9.87. The molecule has 0 spiro atoms. The number of rotatable bonds is 4. The lowest BCUT2D eigenvalue weighted by molar-refractivity contribution is -0.659. The number of aromatic nitrogens is 2. The number of fused-ring (bicyclic) bond motifs is 1. The van der Waals surface area contributed by atoms with Crippen molar-refractivity contribution in [2.45, 2.75) is 26.7 Å². The van der Waals surface area contributed by atoms with Gasteiger partial charge in [0.05, 0.1) is 12.3 Å². The quantitative estimate of drug-likeness (QED) is 0.269. The van der Waals surface area contributed by atoms with Crippen LogP contribution in [0.25, 0.3) is 44.3 Å². The zero-order valence-electron chi connectivity index (χ0n) is 21.6. The zero-order valence-corrected chi connectivity index (χ0v) is 19.6. The Labute approximate surface area is 199 Å². The highest BCUT2D eigenvalue weighted by Crippen LogP contribution is 2.37. The summed E-state index contributed by atoms with van der Waals surface area (Å²) >= 11 is 0. The molecule has 0 bridgehead atoms. The molecule has 0 saturated carbocycles. The summed E-state index contributed by atoms with van der Waals surface area (Å²) in [7, 11) is 1.90. The predicted molar refractivity (Wildman–Crippen MR) is 138 cm³/mol. The van der Waals surface area contributed by atoms with Gasteiger partial charge in [-0.3, -0.25) is 4.98 Å². The van der Waals surface area contributed by atoms with Crippen LogP contribution in [0.2, 0.25) is 0 Å². The largest absolute Gasteiger partial charge is 0.264 e. The van der Waals surface area contributed by atoms with E-state index in [1.54, 1.807) is 6.20 Å². The van der Waals surface area contributed by atoms with Crippen molar-refractivity contribution >= 4 is 10.8 Å².